The van der Waals surface area contributed by atoms with E-state index in [0.717, 1.165) is 25.9 Å². The van der Waals surface area contributed by atoms with E-state index in [1.807, 2.05) is 0 Å². The van der Waals surface area contributed by atoms with Crippen LogP contribution in [0.3, 0.4) is 0 Å². The van der Waals surface area contributed by atoms with Crippen LogP contribution < -0.4 is 5.32 Å². The number of halogens is 3. The fourth-order valence-electron chi connectivity index (χ4n) is 2.05. The third kappa shape index (κ3) is 3.03. The molecule has 0 radical (unpaired) electrons. The monoisotopic (exact) mass is 344 g/mol. The third-order valence-corrected chi connectivity index (χ3v) is 4.05. The largest absolute Gasteiger partial charge is 0.355 e. The minimum absolute atomic E-state index is 0.276. The number of rotatable bonds is 3. The van der Waals surface area contributed by atoms with Crippen LogP contribution >= 0.6 is 22.9 Å². The SMILES string of the molecule is O=C(NCC1CCCN(I)C1)C1CC1(F)F. The van der Waals surface area contributed by atoms with Crippen LogP contribution in [0.25, 0.3) is 0 Å². The number of carbonyl (C=O) groups excluding carboxylic acids is 1. The third-order valence-electron chi connectivity index (χ3n) is 3.18. The van der Waals surface area contributed by atoms with Gasteiger partial charge in [0.25, 0.3) is 5.92 Å². The number of nitrogens with zero attached hydrogens (tertiary/aromatic N) is 1. The molecule has 2 fully saturated rings. The maximum atomic E-state index is 12.6. The highest BCUT2D eigenvalue weighted by Crippen LogP contribution is 2.48. The van der Waals surface area contributed by atoms with Gasteiger partial charge in [0.05, 0.1) is 0 Å². The normalized spacial score (nSPS) is 33.4. The fourth-order valence-corrected chi connectivity index (χ4v) is 2.94. The van der Waals surface area contributed by atoms with E-state index in [2.05, 4.69) is 31.3 Å². The van der Waals surface area contributed by atoms with Crippen molar-refractivity contribution < 1.29 is 13.6 Å². The smallest absolute Gasteiger partial charge is 0.260 e. The van der Waals surface area contributed by atoms with Crippen LogP contribution in [0.1, 0.15) is 19.3 Å². The Morgan fingerprint density at radius 3 is 2.81 bits per heavy atom. The second-order valence-electron chi connectivity index (χ2n) is 4.64. The molecular weight excluding hydrogens is 329 g/mol. The van der Waals surface area contributed by atoms with Gasteiger partial charge in [0.15, 0.2) is 0 Å². The van der Waals surface area contributed by atoms with E-state index >= 15 is 0 Å². The molecule has 1 aliphatic carbocycles. The molecule has 1 saturated carbocycles. The lowest BCUT2D eigenvalue weighted by Crippen LogP contribution is -2.38. The molecular formula is C10H15F2IN2O. The lowest BCUT2D eigenvalue weighted by atomic mass is 10.00. The van der Waals surface area contributed by atoms with Gasteiger partial charge in [0, 0.05) is 48.9 Å². The molecule has 16 heavy (non-hydrogen) atoms. The van der Waals surface area contributed by atoms with Crippen molar-refractivity contribution in [1.29, 1.82) is 0 Å². The Balaban J connectivity index is 1.69. The molecule has 2 unspecified atom stereocenters. The summed E-state index contributed by atoms with van der Waals surface area (Å²) >= 11 is 2.26. The molecule has 0 spiro atoms. The van der Waals surface area contributed by atoms with Crippen LogP contribution in [0.15, 0.2) is 0 Å². The minimum atomic E-state index is -2.74. The van der Waals surface area contributed by atoms with Gasteiger partial charge in [-0.25, -0.2) is 11.9 Å². The number of hydrogen-bond donors (Lipinski definition) is 1. The first-order valence-electron chi connectivity index (χ1n) is 5.55. The van der Waals surface area contributed by atoms with Crippen molar-refractivity contribution in [3.8, 4) is 0 Å². The van der Waals surface area contributed by atoms with Crippen molar-refractivity contribution in [3.05, 3.63) is 0 Å². The van der Waals surface area contributed by atoms with E-state index in [1.54, 1.807) is 0 Å². The molecule has 3 nitrogen and oxygen atoms in total. The minimum Gasteiger partial charge on any atom is -0.355 e. The predicted octanol–water partition coefficient (Wildman–Crippen LogP) is 1.82. The number of carbonyl (C=O) groups is 1. The molecule has 1 N–H and O–H groups in total. The first kappa shape index (κ1) is 12.5. The van der Waals surface area contributed by atoms with Crippen LogP contribution in [-0.4, -0.2) is 34.6 Å². The van der Waals surface area contributed by atoms with Gasteiger partial charge in [-0.05, 0) is 18.8 Å². The fraction of sp³-hybridized carbons (Fsp3) is 0.900. The summed E-state index contributed by atoms with van der Waals surface area (Å²) in [5.74, 6) is -3.88. The zero-order valence-electron chi connectivity index (χ0n) is 8.89. The molecule has 0 aromatic rings. The second-order valence-corrected chi connectivity index (χ2v) is 6.00. The van der Waals surface area contributed by atoms with E-state index < -0.39 is 17.7 Å². The Morgan fingerprint density at radius 1 is 1.56 bits per heavy atom. The van der Waals surface area contributed by atoms with Gasteiger partial charge in [0.1, 0.15) is 5.92 Å². The summed E-state index contributed by atoms with van der Waals surface area (Å²) in [6.07, 6.45) is 1.91. The topological polar surface area (TPSA) is 32.3 Å². The molecule has 92 valence electrons. The van der Waals surface area contributed by atoms with Crippen molar-refractivity contribution in [2.24, 2.45) is 11.8 Å². The summed E-state index contributed by atoms with van der Waals surface area (Å²) in [5, 5.41) is 2.64. The van der Waals surface area contributed by atoms with Crippen molar-refractivity contribution >= 4 is 28.8 Å². The van der Waals surface area contributed by atoms with Crippen molar-refractivity contribution in [2.45, 2.75) is 25.2 Å². The van der Waals surface area contributed by atoms with Crippen molar-refractivity contribution in [3.63, 3.8) is 0 Å². The molecule has 0 aromatic carbocycles. The maximum absolute atomic E-state index is 12.6. The zero-order valence-corrected chi connectivity index (χ0v) is 11.0. The van der Waals surface area contributed by atoms with Gasteiger partial charge in [-0.1, -0.05) is 0 Å². The van der Waals surface area contributed by atoms with Crippen LogP contribution in [-0.2, 0) is 4.79 Å². The van der Waals surface area contributed by atoms with E-state index in [-0.39, 0.29) is 6.42 Å². The van der Waals surface area contributed by atoms with Crippen LogP contribution in [0, 0.1) is 11.8 Å². The molecule has 0 aromatic heterocycles. The van der Waals surface area contributed by atoms with E-state index in [1.165, 1.54) is 0 Å². The molecule has 0 bridgehead atoms. The lowest BCUT2D eigenvalue weighted by Gasteiger charge is -2.28. The highest BCUT2D eigenvalue weighted by atomic mass is 127. The first-order valence-corrected chi connectivity index (χ1v) is 6.52. The van der Waals surface area contributed by atoms with E-state index in [9.17, 15) is 13.6 Å². The van der Waals surface area contributed by atoms with Crippen molar-refractivity contribution in [2.75, 3.05) is 19.6 Å². The standard InChI is InChI=1S/C10H15F2IN2O/c11-10(12)4-8(10)9(16)14-5-7-2-1-3-15(13)6-7/h7-8H,1-6H2,(H,14,16). The van der Waals surface area contributed by atoms with Crippen LogP contribution in [0.5, 0.6) is 0 Å². The van der Waals surface area contributed by atoms with Crippen LogP contribution in [0.4, 0.5) is 8.78 Å². The zero-order chi connectivity index (χ0) is 11.8. The Labute approximate surface area is 107 Å². The number of hydrogen-bond acceptors (Lipinski definition) is 2. The van der Waals surface area contributed by atoms with Gasteiger partial charge >= 0.3 is 0 Å². The highest BCUT2D eigenvalue weighted by molar-refractivity contribution is 14.1. The summed E-state index contributed by atoms with van der Waals surface area (Å²) < 4.78 is 27.4. The molecule has 1 saturated heterocycles. The van der Waals surface area contributed by atoms with Crippen LogP contribution in [0.2, 0.25) is 0 Å². The molecule has 6 heteroatoms. The summed E-state index contributed by atoms with van der Waals surface area (Å²) in [5.41, 5.74) is 0. The van der Waals surface area contributed by atoms with Gasteiger partial charge in [-0.15, -0.1) is 0 Å². The van der Waals surface area contributed by atoms with Gasteiger partial charge in [0.2, 0.25) is 5.91 Å². The molecule has 1 aliphatic heterocycles. The average molecular weight is 344 g/mol. The Kier molecular flexibility index (Phi) is 3.68. The average Bonchev–Trinajstić information content (AvgIpc) is 2.85. The number of amides is 1. The predicted molar refractivity (Wildman–Crippen MR) is 64.4 cm³/mol. The highest BCUT2D eigenvalue weighted by Gasteiger charge is 2.61. The van der Waals surface area contributed by atoms with E-state index in [0.29, 0.717) is 12.5 Å². The number of nitrogens with one attached hydrogen (secondary N) is 1. The Hall–Kier alpha value is 0.0200. The number of piperidine rings is 1. The van der Waals surface area contributed by atoms with Gasteiger partial charge in [-0.3, -0.25) is 4.79 Å². The Bertz CT molecular complexity index is 288. The Morgan fingerprint density at radius 2 is 2.25 bits per heavy atom. The molecule has 2 atom stereocenters. The maximum Gasteiger partial charge on any atom is 0.260 e. The second kappa shape index (κ2) is 4.72. The first-order chi connectivity index (χ1) is 7.49. The molecule has 2 aliphatic rings. The van der Waals surface area contributed by atoms with Gasteiger partial charge < -0.3 is 5.32 Å². The van der Waals surface area contributed by atoms with E-state index in [4.69, 9.17) is 0 Å². The van der Waals surface area contributed by atoms with Gasteiger partial charge in [-0.2, -0.15) is 0 Å². The van der Waals surface area contributed by atoms with Crippen molar-refractivity contribution in [1.82, 2.24) is 8.43 Å². The summed E-state index contributed by atoms with van der Waals surface area (Å²) in [4.78, 5) is 11.3. The quantitative estimate of drug-likeness (QED) is 0.626. The summed E-state index contributed by atoms with van der Waals surface area (Å²) in [7, 11) is 0. The summed E-state index contributed by atoms with van der Waals surface area (Å²) in [6, 6.07) is 0. The molecule has 2 rings (SSSR count). The molecule has 1 heterocycles. The summed E-state index contributed by atoms with van der Waals surface area (Å²) in [6.45, 7) is 2.54. The lowest BCUT2D eigenvalue weighted by molar-refractivity contribution is -0.124. The molecule has 1 amide bonds. The number of alkyl halides is 2.